The van der Waals surface area contributed by atoms with Crippen LogP contribution in [0, 0.1) is 0 Å². The van der Waals surface area contributed by atoms with E-state index in [1.165, 1.54) is 0 Å². The van der Waals surface area contributed by atoms with Crippen molar-refractivity contribution in [3.05, 3.63) is 59.2 Å². The topological polar surface area (TPSA) is 73.6 Å². The molecule has 5 nitrogen and oxygen atoms in total. The Hall–Kier alpha value is -1.95. The van der Waals surface area contributed by atoms with Gasteiger partial charge in [0.05, 0.1) is 20.3 Å². The number of amides is 1. The first-order chi connectivity index (χ1) is 11.1. The number of halogens is 2. The molecular formula is C18H24Cl2N2O3. The van der Waals surface area contributed by atoms with Crippen molar-refractivity contribution < 1.29 is 14.3 Å². The lowest BCUT2D eigenvalue weighted by Gasteiger charge is -2.17. The van der Waals surface area contributed by atoms with Crippen molar-refractivity contribution in [3.8, 4) is 11.5 Å². The molecule has 138 valence electrons. The summed E-state index contributed by atoms with van der Waals surface area (Å²) in [7, 11) is 3.18. The van der Waals surface area contributed by atoms with Gasteiger partial charge in [-0.15, -0.1) is 24.8 Å². The molecule has 0 fully saturated rings. The van der Waals surface area contributed by atoms with E-state index in [0.717, 1.165) is 11.1 Å². The molecule has 0 spiro atoms. The third-order valence-electron chi connectivity index (χ3n) is 3.74. The Morgan fingerprint density at radius 2 is 1.72 bits per heavy atom. The highest BCUT2D eigenvalue weighted by molar-refractivity contribution is 5.95. The van der Waals surface area contributed by atoms with Crippen LogP contribution in [0.3, 0.4) is 0 Å². The summed E-state index contributed by atoms with van der Waals surface area (Å²) in [5, 5.41) is 2.99. The van der Waals surface area contributed by atoms with Crippen LogP contribution in [0.4, 0.5) is 0 Å². The summed E-state index contributed by atoms with van der Waals surface area (Å²) in [4.78, 5) is 12.5. The van der Waals surface area contributed by atoms with Gasteiger partial charge in [-0.05, 0) is 36.2 Å². The number of nitrogens with two attached hydrogens (primary N) is 1. The smallest absolute Gasteiger partial charge is 0.252 e. The summed E-state index contributed by atoms with van der Waals surface area (Å²) in [6.07, 6.45) is 0. The van der Waals surface area contributed by atoms with Crippen LogP contribution in [0.15, 0.2) is 42.5 Å². The molecule has 0 aliphatic carbocycles. The van der Waals surface area contributed by atoms with E-state index in [-0.39, 0.29) is 36.8 Å². The molecule has 3 N–H and O–H groups in total. The molecule has 2 aromatic carbocycles. The molecular weight excluding hydrogens is 363 g/mol. The summed E-state index contributed by atoms with van der Waals surface area (Å²) >= 11 is 0. The zero-order valence-corrected chi connectivity index (χ0v) is 16.1. The van der Waals surface area contributed by atoms with Crippen LogP contribution < -0.4 is 20.5 Å². The number of ether oxygens (including phenoxy) is 2. The Morgan fingerprint density at radius 3 is 2.32 bits per heavy atom. The van der Waals surface area contributed by atoms with Gasteiger partial charge in [0.2, 0.25) is 0 Å². The number of hydrogen-bond acceptors (Lipinski definition) is 4. The number of methoxy groups -OCH3 is 2. The van der Waals surface area contributed by atoms with Crippen LogP contribution >= 0.6 is 24.8 Å². The van der Waals surface area contributed by atoms with Crippen molar-refractivity contribution in [2.45, 2.75) is 19.5 Å². The molecule has 0 aliphatic rings. The SMILES string of the molecule is COc1ccc([C@@H](C)NC(=O)c2ccccc2CN)cc1OC.Cl.Cl. The fourth-order valence-electron chi connectivity index (χ4n) is 2.40. The molecule has 2 aromatic rings. The lowest BCUT2D eigenvalue weighted by molar-refractivity contribution is 0.0939. The second-order valence-corrected chi connectivity index (χ2v) is 5.17. The van der Waals surface area contributed by atoms with Crippen LogP contribution in [0.25, 0.3) is 0 Å². The fraction of sp³-hybridized carbons (Fsp3) is 0.278. The van der Waals surface area contributed by atoms with Gasteiger partial charge in [0.25, 0.3) is 5.91 Å². The molecule has 0 aromatic heterocycles. The number of hydrogen-bond donors (Lipinski definition) is 2. The third-order valence-corrected chi connectivity index (χ3v) is 3.74. The quantitative estimate of drug-likeness (QED) is 0.796. The maximum Gasteiger partial charge on any atom is 0.252 e. The van der Waals surface area contributed by atoms with Gasteiger partial charge in [0.15, 0.2) is 11.5 Å². The van der Waals surface area contributed by atoms with Crippen LogP contribution in [-0.2, 0) is 6.54 Å². The number of rotatable bonds is 6. The minimum Gasteiger partial charge on any atom is -0.493 e. The Kier molecular flexibility index (Phi) is 9.98. The molecule has 0 saturated heterocycles. The highest BCUT2D eigenvalue weighted by atomic mass is 35.5. The molecule has 25 heavy (non-hydrogen) atoms. The summed E-state index contributed by atoms with van der Waals surface area (Å²) in [5.74, 6) is 1.14. The largest absolute Gasteiger partial charge is 0.493 e. The van der Waals surface area contributed by atoms with E-state index in [2.05, 4.69) is 5.32 Å². The lowest BCUT2D eigenvalue weighted by atomic mass is 10.0. The van der Waals surface area contributed by atoms with E-state index in [1.807, 2.05) is 43.3 Å². The minimum atomic E-state index is -0.173. The predicted octanol–water partition coefficient (Wildman–Crippen LogP) is 3.50. The maximum absolute atomic E-state index is 12.5. The van der Waals surface area contributed by atoms with E-state index >= 15 is 0 Å². The first-order valence-electron chi connectivity index (χ1n) is 7.41. The van der Waals surface area contributed by atoms with Crippen molar-refractivity contribution in [1.29, 1.82) is 0 Å². The number of carbonyl (C=O) groups excluding carboxylic acids is 1. The summed E-state index contributed by atoms with van der Waals surface area (Å²) in [6, 6.07) is 12.7. The first-order valence-corrected chi connectivity index (χ1v) is 7.41. The minimum absolute atomic E-state index is 0. The molecule has 0 unspecified atom stereocenters. The van der Waals surface area contributed by atoms with E-state index in [0.29, 0.717) is 23.6 Å². The van der Waals surface area contributed by atoms with Crippen molar-refractivity contribution in [2.75, 3.05) is 14.2 Å². The number of nitrogens with one attached hydrogen (secondary N) is 1. The molecule has 0 saturated carbocycles. The van der Waals surface area contributed by atoms with Crippen molar-refractivity contribution in [2.24, 2.45) is 5.73 Å². The van der Waals surface area contributed by atoms with Gasteiger partial charge in [-0.3, -0.25) is 4.79 Å². The Bertz CT molecular complexity index is 696. The summed E-state index contributed by atoms with van der Waals surface area (Å²) in [5.41, 5.74) is 8.04. The zero-order valence-electron chi connectivity index (χ0n) is 14.4. The molecule has 2 rings (SSSR count). The molecule has 0 radical (unpaired) electrons. The number of benzene rings is 2. The normalized spacial score (nSPS) is 10.7. The van der Waals surface area contributed by atoms with E-state index in [1.54, 1.807) is 20.3 Å². The summed E-state index contributed by atoms with van der Waals surface area (Å²) < 4.78 is 10.5. The van der Waals surface area contributed by atoms with Crippen LogP contribution in [0.2, 0.25) is 0 Å². The monoisotopic (exact) mass is 386 g/mol. The summed E-state index contributed by atoms with van der Waals surface area (Å²) in [6.45, 7) is 2.25. The van der Waals surface area contributed by atoms with Crippen LogP contribution in [-0.4, -0.2) is 20.1 Å². The van der Waals surface area contributed by atoms with E-state index in [4.69, 9.17) is 15.2 Å². The first kappa shape index (κ1) is 23.1. The Labute approximate surface area is 160 Å². The van der Waals surface area contributed by atoms with Crippen molar-refractivity contribution in [1.82, 2.24) is 5.32 Å². The molecule has 0 aliphatic heterocycles. The van der Waals surface area contributed by atoms with Crippen LogP contribution in [0.5, 0.6) is 11.5 Å². The maximum atomic E-state index is 12.5. The Morgan fingerprint density at radius 1 is 1.08 bits per heavy atom. The van der Waals surface area contributed by atoms with Gasteiger partial charge < -0.3 is 20.5 Å². The van der Waals surface area contributed by atoms with Crippen molar-refractivity contribution >= 4 is 30.7 Å². The average Bonchev–Trinajstić information content (AvgIpc) is 2.60. The highest BCUT2D eigenvalue weighted by Gasteiger charge is 2.15. The zero-order chi connectivity index (χ0) is 16.8. The lowest BCUT2D eigenvalue weighted by Crippen LogP contribution is -2.28. The second kappa shape index (κ2) is 10.8. The van der Waals surface area contributed by atoms with Crippen LogP contribution in [0.1, 0.15) is 34.5 Å². The fourth-order valence-corrected chi connectivity index (χ4v) is 2.40. The standard InChI is InChI=1S/C18H22N2O3.2ClH/c1-12(13-8-9-16(22-2)17(10-13)23-3)20-18(21)15-7-5-4-6-14(15)11-19;;/h4-10,12H,11,19H2,1-3H3,(H,20,21);2*1H/t12-;;/m1../s1. The van der Waals surface area contributed by atoms with Gasteiger partial charge >= 0.3 is 0 Å². The van der Waals surface area contributed by atoms with Crippen molar-refractivity contribution in [3.63, 3.8) is 0 Å². The molecule has 0 bridgehead atoms. The van der Waals surface area contributed by atoms with Gasteiger partial charge in [0.1, 0.15) is 0 Å². The van der Waals surface area contributed by atoms with Gasteiger partial charge in [-0.2, -0.15) is 0 Å². The van der Waals surface area contributed by atoms with Gasteiger partial charge in [0, 0.05) is 12.1 Å². The molecule has 1 amide bonds. The molecule has 1 atom stereocenters. The number of carbonyl (C=O) groups is 1. The van der Waals surface area contributed by atoms with E-state index in [9.17, 15) is 4.79 Å². The van der Waals surface area contributed by atoms with Gasteiger partial charge in [-0.25, -0.2) is 0 Å². The average molecular weight is 387 g/mol. The Balaban J connectivity index is 0.00000288. The second-order valence-electron chi connectivity index (χ2n) is 5.17. The molecule has 7 heteroatoms. The molecule has 0 heterocycles. The highest BCUT2D eigenvalue weighted by Crippen LogP contribution is 2.30. The third kappa shape index (κ3) is 5.53. The predicted molar refractivity (Wildman–Crippen MR) is 104 cm³/mol. The van der Waals surface area contributed by atoms with Gasteiger partial charge in [-0.1, -0.05) is 24.3 Å². The van der Waals surface area contributed by atoms with E-state index < -0.39 is 0 Å².